The molecule has 11 heteroatoms. The molecule has 11 nitrogen and oxygen atoms in total. The number of piperazine rings is 1. The summed E-state index contributed by atoms with van der Waals surface area (Å²) in [6.45, 7) is 12.1. The lowest BCUT2D eigenvalue weighted by Crippen LogP contribution is -2.58. The van der Waals surface area contributed by atoms with Gasteiger partial charge in [-0.1, -0.05) is 26.0 Å². The molecule has 0 unspecified atom stereocenters. The molecule has 0 aliphatic carbocycles. The lowest BCUT2D eigenvalue weighted by molar-refractivity contribution is 0.114. The van der Waals surface area contributed by atoms with Gasteiger partial charge in [-0.05, 0) is 62.9 Å². The fourth-order valence-electron chi connectivity index (χ4n) is 5.92. The van der Waals surface area contributed by atoms with Crippen molar-refractivity contribution in [2.24, 2.45) is 0 Å². The average molecular weight is 582 g/mol. The molecule has 4 heterocycles. The smallest absolute Gasteiger partial charge is 0.407 e. The minimum Gasteiger partial charge on any atom is -0.496 e. The molecule has 5 rings (SSSR count). The summed E-state index contributed by atoms with van der Waals surface area (Å²) in [4.78, 5) is 43.6. The number of fused-ring (bicyclic) bond motifs is 1. The Bertz CT molecular complexity index is 1840. The summed E-state index contributed by atoms with van der Waals surface area (Å²) >= 11 is 0. The Morgan fingerprint density at radius 2 is 1.86 bits per heavy atom. The highest BCUT2D eigenvalue weighted by Crippen LogP contribution is 2.37. The van der Waals surface area contributed by atoms with Gasteiger partial charge < -0.3 is 19.6 Å². The van der Waals surface area contributed by atoms with Crippen LogP contribution in [0.15, 0.2) is 41.3 Å². The Morgan fingerprint density at radius 1 is 1.12 bits per heavy atom. The van der Waals surface area contributed by atoms with E-state index in [-0.39, 0.29) is 24.5 Å². The fraction of sp³-hybridized carbons (Fsp3) is 0.375. The van der Waals surface area contributed by atoms with E-state index in [4.69, 9.17) is 9.72 Å². The van der Waals surface area contributed by atoms with Crippen LogP contribution < -0.4 is 15.3 Å². The van der Waals surface area contributed by atoms with Gasteiger partial charge in [0, 0.05) is 36.9 Å². The Kier molecular flexibility index (Phi) is 7.80. The van der Waals surface area contributed by atoms with Crippen LogP contribution in [0, 0.1) is 25.2 Å². The molecule has 4 aromatic rings. The van der Waals surface area contributed by atoms with Crippen LogP contribution >= 0.6 is 0 Å². The molecule has 222 valence electrons. The number of nitrogens with zero attached hydrogens (tertiary/aromatic N) is 7. The van der Waals surface area contributed by atoms with Crippen LogP contribution in [0.1, 0.15) is 56.0 Å². The van der Waals surface area contributed by atoms with Crippen molar-refractivity contribution in [3.05, 3.63) is 69.4 Å². The maximum Gasteiger partial charge on any atom is 0.407 e. The molecule has 0 radical (unpaired) electrons. The van der Waals surface area contributed by atoms with Crippen LogP contribution in [0.4, 0.5) is 10.6 Å². The van der Waals surface area contributed by atoms with Crippen molar-refractivity contribution in [1.29, 1.82) is 5.26 Å². The molecule has 0 saturated carbocycles. The van der Waals surface area contributed by atoms with Gasteiger partial charge in [-0.3, -0.25) is 4.98 Å². The highest BCUT2D eigenvalue weighted by Gasteiger charge is 2.35. The number of aromatic nitrogens is 4. The van der Waals surface area contributed by atoms with E-state index in [0.29, 0.717) is 51.7 Å². The first kappa shape index (κ1) is 29.5. The molecular formula is C32H35N7O4. The van der Waals surface area contributed by atoms with Crippen molar-refractivity contribution in [3.63, 3.8) is 0 Å². The number of benzene rings is 1. The van der Waals surface area contributed by atoms with Gasteiger partial charge in [0.15, 0.2) is 5.65 Å². The number of pyridine rings is 2. The van der Waals surface area contributed by atoms with Crippen molar-refractivity contribution in [3.8, 4) is 28.8 Å². The van der Waals surface area contributed by atoms with Gasteiger partial charge in [0.25, 0.3) is 0 Å². The van der Waals surface area contributed by atoms with Gasteiger partial charge in [0.05, 0.1) is 35.1 Å². The number of aryl methyl sites for hydroxylation is 2. The van der Waals surface area contributed by atoms with Crippen LogP contribution in [-0.2, 0) is 0 Å². The standard InChI is InChI=1S/C32H35N7O4/c1-17(2)25-27(18(3)11-12-34-25)39-30-24(13-22(14-33)26(35-30)23-10-8-9-19(4)28(23)43-7)29(36-31(39)40)37-15-21(6)38(32(41)42)16-20(37)5/h8-13,17,20-21H,15-16H2,1-7H3,(H,41,42)/t20-,21+/m0/s1. The van der Waals surface area contributed by atoms with Crippen molar-refractivity contribution < 1.29 is 14.6 Å². The molecule has 1 aliphatic heterocycles. The third-order valence-corrected chi connectivity index (χ3v) is 8.07. The first-order chi connectivity index (χ1) is 20.5. The number of nitriles is 1. The van der Waals surface area contributed by atoms with E-state index in [1.54, 1.807) is 19.4 Å². The van der Waals surface area contributed by atoms with Gasteiger partial charge in [-0.25, -0.2) is 19.1 Å². The van der Waals surface area contributed by atoms with E-state index in [9.17, 15) is 20.0 Å². The quantitative estimate of drug-likeness (QED) is 0.343. The number of hydrogen-bond acceptors (Lipinski definition) is 8. The summed E-state index contributed by atoms with van der Waals surface area (Å²) in [7, 11) is 1.57. The van der Waals surface area contributed by atoms with Crippen LogP contribution in [0.25, 0.3) is 28.0 Å². The summed E-state index contributed by atoms with van der Waals surface area (Å²) in [5, 5.41) is 20.6. The molecule has 43 heavy (non-hydrogen) atoms. The van der Waals surface area contributed by atoms with E-state index in [0.717, 1.165) is 16.8 Å². The number of ether oxygens (including phenoxy) is 1. The Morgan fingerprint density at radius 3 is 2.51 bits per heavy atom. The summed E-state index contributed by atoms with van der Waals surface area (Å²) in [5.74, 6) is 0.943. The van der Waals surface area contributed by atoms with Gasteiger partial charge in [0.1, 0.15) is 17.6 Å². The number of para-hydroxylation sites is 1. The minimum absolute atomic E-state index is 0.00351. The van der Waals surface area contributed by atoms with Crippen LogP contribution in [-0.4, -0.2) is 67.9 Å². The molecule has 1 fully saturated rings. The van der Waals surface area contributed by atoms with Gasteiger partial charge in [0.2, 0.25) is 0 Å². The molecule has 1 aromatic carbocycles. The molecule has 1 aliphatic rings. The van der Waals surface area contributed by atoms with Crippen LogP contribution in [0.2, 0.25) is 0 Å². The number of hydrogen-bond donors (Lipinski definition) is 1. The molecule has 0 bridgehead atoms. The molecule has 2 atom stereocenters. The van der Waals surface area contributed by atoms with Crippen molar-refractivity contribution in [1.82, 2.24) is 24.4 Å². The second-order valence-electron chi connectivity index (χ2n) is 11.4. The van der Waals surface area contributed by atoms with E-state index in [2.05, 4.69) is 16.0 Å². The first-order valence-corrected chi connectivity index (χ1v) is 14.2. The SMILES string of the molecule is COc1c(C)cccc1-c1nc2c(cc1C#N)c(N1C[C@@H](C)N(C(=O)O)C[C@@H]1C)nc(=O)n2-c1c(C)ccnc1C(C)C. The highest BCUT2D eigenvalue weighted by molar-refractivity contribution is 5.93. The largest absolute Gasteiger partial charge is 0.496 e. The van der Waals surface area contributed by atoms with E-state index < -0.39 is 11.8 Å². The Hall–Kier alpha value is -4.98. The zero-order valence-electron chi connectivity index (χ0n) is 25.4. The Balaban J connectivity index is 1.90. The van der Waals surface area contributed by atoms with Crippen LogP contribution in [0.5, 0.6) is 5.75 Å². The zero-order valence-corrected chi connectivity index (χ0v) is 25.4. The van der Waals surface area contributed by atoms with Crippen molar-refractivity contribution >= 4 is 22.9 Å². The zero-order chi connectivity index (χ0) is 31.2. The number of rotatable bonds is 5. The number of carbonyl (C=O) groups is 1. The number of methoxy groups -OCH3 is 1. The molecule has 1 N–H and O–H groups in total. The molecule has 1 saturated heterocycles. The summed E-state index contributed by atoms with van der Waals surface area (Å²) in [6.07, 6.45) is 0.726. The maximum atomic E-state index is 14.1. The number of carboxylic acid groups (broad SMARTS) is 1. The first-order valence-electron chi connectivity index (χ1n) is 14.2. The van der Waals surface area contributed by atoms with Crippen molar-refractivity contribution in [2.45, 2.75) is 59.5 Å². The summed E-state index contributed by atoms with van der Waals surface area (Å²) < 4.78 is 7.21. The minimum atomic E-state index is -0.995. The Labute approximate surface area is 250 Å². The van der Waals surface area contributed by atoms with Gasteiger partial charge >= 0.3 is 11.8 Å². The van der Waals surface area contributed by atoms with E-state index >= 15 is 0 Å². The van der Waals surface area contributed by atoms with Gasteiger partial charge in [-0.2, -0.15) is 10.2 Å². The lowest BCUT2D eigenvalue weighted by atomic mass is 10.0. The molecule has 0 spiro atoms. The fourth-order valence-corrected chi connectivity index (χ4v) is 5.92. The maximum absolute atomic E-state index is 14.1. The van der Waals surface area contributed by atoms with Gasteiger partial charge in [-0.15, -0.1) is 0 Å². The monoisotopic (exact) mass is 581 g/mol. The number of amides is 1. The summed E-state index contributed by atoms with van der Waals surface area (Å²) in [6, 6.07) is 10.9. The second kappa shape index (κ2) is 11.4. The highest BCUT2D eigenvalue weighted by atomic mass is 16.5. The third-order valence-electron chi connectivity index (χ3n) is 8.07. The molecule has 1 amide bonds. The lowest BCUT2D eigenvalue weighted by Gasteiger charge is -2.43. The normalized spacial score (nSPS) is 16.9. The van der Waals surface area contributed by atoms with Crippen molar-refractivity contribution in [2.75, 3.05) is 25.1 Å². The summed E-state index contributed by atoms with van der Waals surface area (Å²) in [5.41, 5.74) is 4.11. The van der Waals surface area contributed by atoms with Crippen LogP contribution in [0.3, 0.4) is 0 Å². The third kappa shape index (κ3) is 5.03. The molecular weight excluding hydrogens is 546 g/mol. The average Bonchev–Trinajstić information content (AvgIpc) is 2.97. The predicted octanol–water partition coefficient (Wildman–Crippen LogP) is 5.04. The molecule has 3 aromatic heterocycles. The van der Waals surface area contributed by atoms with E-state index in [1.807, 2.05) is 70.7 Å². The van der Waals surface area contributed by atoms with E-state index in [1.165, 1.54) is 9.47 Å². The topological polar surface area (TPSA) is 137 Å². The second-order valence-corrected chi connectivity index (χ2v) is 11.4. The number of anilines is 1. The predicted molar refractivity (Wildman–Crippen MR) is 164 cm³/mol.